The number of hydrogen-bond donors (Lipinski definition) is 1. The van der Waals surface area contributed by atoms with Crippen LogP contribution in [-0.4, -0.2) is 66.5 Å². The number of amides is 2. The topological polar surface area (TPSA) is 78.7 Å². The maximum absolute atomic E-state index is 14.0. The molecule has 1 N–H and O–H groups in total. The van der Waals surface area contributed by atoms with Crippen LogP contribution < -0.4 is 5.32 Å². The van der Waals surface area contributed by atoms with Crippen molar-refractivity contribution in [3.05, 3.63) is 41.6 Å². The minimum atomic E-state index is -0.803. The highest BCUT2D eigenvalue weighted by molar-refractivity contribution is 5.94. The molecular weight excluding hydrogens is 430 g/mol. The molecule has 1 aliphatic carbocycles. The van der Waals surface area contributed by atoms with Gasteiger partial charge in [-0.15, -0.1) is 0 Å². The summed E-state index contributed by atoms with van der Waals surface area (Å²) in [7, 11) is 3.43. The summed E-state index contributed by atoms with van der Waals surface area (Å²) in [6.07, 6.45) is 4.31. The van der Waals surface area contributed by atoms with Gasteiger partial charge in [0.05, 0.1) is 11.5 Å². The quantitative estimate of drug-likeness (QED) is 0.716. The summed E-state index contributed by atoms with van der Waals surface area (Å²) in [5.41, 5.74) is 0.310. The number of rotatable bonds is 6. The minimum Gasteiger partial charge on any atom is -0.355 e. The lowest BCUT2D eigenvalue weighted by Crippen LogP contribution is -2.57. The molecule has 1 aliphatic heterocycles. The van der Waals surface area contributed by atoms with Gasteiger partial charge in [0.15, 0.2) is 11.5 Å². The molecule has 1 saturated carbocycles. The lowest BCUT2D eigenvalue weighted by Gasteiger charge is -2.46. The van der Waals surface area contributed by atoms with Gasteiger partial charge in [0.25, 0.3) is 5.91 Å². The van der Waals surface area contributed by atoms with Crippen molar-refractivity contribution < 1.29 is 22.9 Å². The Hall–Kier alpha value is -2.81. The zero-order chi connectivity index (χ0) is 23.8. The van der Waals surface area contributed by atoms with Gasteiger partial charge in [-0.25, -0.2) is 8.78 Å². The molecule has 2 heterocycles. The maximum Gasteiger partial charge on any atom is 0.273 e. The number of likely N-dealkylation sites (tertiary alicyclic amines) is 1. The van der Waals surface area contributed by atoms with Crippen molar-refractivity contribution in [2.45, 2.75) is 38.6 Å². The van der Waals surface area contributed by atoms with Crippen molar-refractivity contribution in [3.8, 4) is 11.3 Å². The van der Waals surface area contributed by atoms with E-state index in [0.717, 1.165) is 25.2 Å². The minimum absolute atomic E-state index is 0.0152. The number of carbonyl (C=O) groups is 2. The average molecular weight is 461 g/mol. The first-order chi connectivity index (χ1) is 15.6. The first-order valence-corrected chi connectivity index (χ1v) is 11.3. The van der Waals surface area contributed by atoms with Crippen LogP contribution in [0.15, 0.2) is 28.8 Å². The van der Waals surface area contributed by atoms with Gasteiger partial charge >= 0.3 is 0 Å². The van der Waals surface area contributed by atoms with Crippen LogP contribution in [0.1, 0.15) is 43.1 Å². The molecule has 9 heteroatoms. The van der Waals surface area contributed by atoms with E-state index in [0.29, 0.717) is 18.4 Å². The van der Waals surface area contributed by atoms with Crippen molar-refractivity contribution in [2.24, 2.45) is 11.3 Å². The van der Waals surface area contributed by atoms with Crippen molar-refractivity contribution in [1.82, 2.24) is 20.3 Å². The van der Waals surface area contributed by atoms with E-state index in [1.54, 1.807) is 19.0 Å². The molecule has 4 rings (SSSR count). The molecule has 1 saturated heterocycles. The number of piperidine rings is 1. The summed E-state index contributed by atoms with van der Waals surface area (Å²) in [6, 6.07) is 4.06. The molecule has 2 amide bonds. The van der Waals surface area contributed by atoms with Crippen LogP contribution in [0.5, 0.6) is 0 Å². The predicted octanol–water partition coefficient (Wildman–Crippen LogP) is 3.32. The lowest BCUT2D eigenvalue weighted by atomic mass is 9.70. The van der Waals surface area contributed by atoms with Crippen LogP contribution in [0.25, 0.3) is 11.3 Å². The van der Waals surface area contributed by atoms with Crippen molar-refractivity contribution in [3.63, 3.8) is 0 Å². The second-order valence-electron chi connectivity index (χ2n) is 9.81. The number of aromatic nitrogens is 1. The Morgan fingerprint density at radius 3 is 2.67 bits per heavy atom. The lowest BCUT2D eigenvalue weighted by molar-refractivity contribution is -0.136. The van der Waals surface area contributed by atoms with Crippen molar-refractivity contribution in [2.75, 3.05) is 33.7 Å². The second-order valence-corrected chi connectivity index (χ2v) is 9.81. The molecule has 0 bridgehead atoms. The van der Waals surface area contributed by atoms with Crippen LogP contribution in [0.4, 0.5) is 8.78 Å². The van der Waals surface area contributed by atoms with E-state index >= 15 is 0 Å². The van der Waals surface area contributed by atoms with E-state index in [1.807, 2.05) is 0 Å². The zero-order valence-electron chi connectivity index (χ0n) is 19.2. The Balaban J connectivity index is 1.45. The van der Waals surface area contributed by atoms with E-state index in [-0.39, 0.29) is 34.9 Å². The summed E-state index contributed by atoms with van der Waals surface area (Å²) in [5, 5.41) is 6.69. The Kier molecular flexibility index (Phi) is 6.52. The first-order valence-electron chi connectivity index (χ1n) is 11.3. The van der Waals surface area contributed by atoms with E-state index in [2.05, 4.69) is 22.3 Å². The zero-order valence-corrected chi connectivity index (χ0v) is 19.2. The van der Waals surface area contributed by atoms with Gasteiger partial charge in [-0.2, -0.15) is 0 Å². The third kappa shape index (κ3) is 5.08. The van der Waals surface area contributed by atoms with Gasteiger partial charge in [0.2, 0.25) is 5.91 Å². The van der Waals surface area contributed by atoms with Crippen molar-refractivity contribution >= 4 is 11.8 Å². The highest BCUT2D eigenvalue weighted by atomic mass is 19.1. The fourth-order valence-electron chi connectivity index (χ4n) is 4.84. The third-order valence-corrected chi connectivity index (χ3v) is 6.88. The summed E-state index contributed by atoms with van der Waals surface area (Å²) in [4.78, 5) is 29.7. The van der Waals surface area contributed by atoms with E-state index in [9.17, 15) is 18.4 Å². The second kappa shape index (κ2) is 9.21. The molecule has 1 aromatic heterocycles. The van der Waals surface area contributed by atoms with Crippen LogP contribution in [0.3, 0.4) is 0 Å². The summed E-state index contributed by atoms with van der Waals surface area (Å²) < 4.78 is 32.3. The van der Waals surface area contributed by atoms with Gasteiger partial charge in [0, 0.05) is 51.9 Å². The average Bonchev–Trinajstić information content (AvgIpc) is 3.23. The van der Waals surface area contributed by atoms with Gasteiger partial charge in [-0.3, -0.25) is 9.59 Å². The predicted molar refractivity (Wildman–Crippen MR) is 118 cm³/mol. The fourth-order valence-corrected chi connectivity index (χ4v) is 4.84. The molecule has 178 valence electrons. The molecule has 2 atom stereocenters. The number of carbonyl (C=O) groups excluding carboxylic acids is 2. The molecule has 1 aromatic carbocycles. The highest BCUT2D eigenvalue weighted by Crippen LogP contribution is 2.41. The fraction of sp³-hybridized carbons (Fsp3) is 0.542. The number of hydrogen-bond acceptors (Lipinski definition) is 5. The van der Waals surface area contributed by atoms with Crippen molar-refractivity contribution in [1.29, 1.82) is 0 Å². The summed E-state index contributed by atoms with van der Waals surface area (Å²) in [5.74, 6) is -2.37. The molecule has 33 heavy (non-hydrogen) atoms. The van der Waals surface area contributed by atoms with Gasteiger partial charge in [-0.1, -0.05) is 18.5 Å². The third-order valence-electron chi connectivity index (χ3n) is 6.88. The number of nitrogens with zero attached hydrogens (tertiary/aromatic N) is 3. The van der Waals surface area contributed by atoms with Crippen LogP contribution in [0.2, 0.25) is 0 Å². The largest absolute Gasteiger partial charge is 0.355 e. The van der Waals surface area contributed by atoms with Crippen LogP contribution in [0, 0.1) is 23.0 Å². The monoisotopic (exact) mass is 460 g/mol. The number of halogens is 2. The first kappa shape index (κ1) is 23.4. The van der Waals surface area contributed by atoms with Gasteiger partial charge in [-0.05, 0) is 36.8 Å². The Bertz CT molecular complexity index is 1030. The number of benzene rings is 1. The Morgan fingerprint density at radius 2 is 2.03 bits per heavy atom. The normalized spacial score (nSPS) is 22.5. The van der Waals surface area contributed by atoms with E-state index in [4.69, 9.17) is 4.52 Å². The van der Waals surface area contributed by atoms with E-state index in [1.165, 1.54) is 31.4 Å². The Morgan fingerprint density at radius 1 is 1.27 bits per heavy atom. The molecular formula is C24H30F2N4O3. The molecule has 2 aliphatic rings. The molecule has 2 unspecified atom stereocenters. The maximum atomic E-state index is 14.0. The molecule has 0 radical (unpaired) electrons. The van der Waals surface area contributed by atoms with Crippen LogP contribution >= 0.6 is 0 Å². The molecule has 7 nitrogen and oxygen atoms in total. The Labute approximate surface area is 192 Å². The summed E-state index contributed by atoms with van der Waals surface area (Å²) in [6.45, 7) is 4.63. The van der Waals surface area contributed by atoms with Gasteiger partial charge < -0.3 is 19.6 Å². The smallest absolute Gasteiger partial charge is 0.273 e. The van der Waals surface area contributed by atoms with E-state index < -0.39 is 17.5 Å². The molecule has 2 aromatic rings. The van der Waals surface area contributed by atoms with Gasteiger partial charge in [0.1, 0.15) is 11.6 Å². The number of nitrogens with one attached hydrogen (secondary N) is 1. The standard InChI is InChI=1S/C24H30F2N4O3/c1-24(8-4-9-24)14-30-10-7-19(17(13-30)23(32)29(2)3)27-22(31)20-12-21(33-28-20)16-6-5-15(25)11-18(16)26/h5-6,11-12,17,19H,4,7-10,13-14H2,1-3H3,(H,27,31). The summed E-state index contributed by atoms with van der Waals surface area (Å²) >= 11 is 0. The SMILES string of the molecule is CN(C)C(=O)C1CN(CC2(C)CCC2)CCC1NC(=O)c1cc(-c2ccc(F)cc2F)on1. The molecule has 0 spiro atoms. The molecule has 2 fully saturated rings. The highest BCUT2D eigenvalue weighted by Gasteiger charge is 2.40. The van der Waals surface area contributed by atoms with Crippen LogP contribution in [-0.2, 0) is 4.79 Å².